The van der Waals surface area contributed by atoms with Crippen LogP contribution >= 0.6 is 0 Å². The number of ether oxygens (including phenoxy) is 2. The Labute approximate surface area is 125 Å². The van der Waals surface area contributed by atoms with E-state index in [1.165, 1.54) is 5.56 Å². The van der Waals surface area contributed by atoms with Crippen LogP contribution in [0.15, 0.2) is 30.3 Å². The predicted molar refractivity (Wildman–Crippen MR) is 78.9 cm³/mol. The first-order valence-electron chi connectivity index (χ1n) is 7.05. The molecule has 1 aliphatic rings. The Morgan fingerprint density at radius 1 is 1.38 bits per heavy atom. The van der Waals surface area contributed by atoms with Crippen molar-refractivity contribution in [2.45, 2.75) is 39.1 Å². The molecule has 1 aromatic rings. The molecule has 0 radical (unpaired) electrons. The smallest absolute Gasteiger partial charge is 0.305 e. The maximum Gasteiger partial charge on any atom is 0.305 e. The summed E-state index contributed by atoms with van der Waals surface area (Å²) in [5, 5.41) is 17.0. The Balaban J connectivity index is 0.000000315. The second kappa shape index (κ2) is 8.12. The quantitative estimate of drug-likeness (QED) is 0.889. The summed E-state index contributed by atoms with van der Waals surface area (Å²) in [6.45, 7) is 5.69. The van der Waals surface area contributed by atoms with Gasteiger partial charge in [0.15, 0.2) is 5.79 Å². The zero-order chi connectivity index (χ0) is 15.9. The van der Waals surface area contributed by atoms with Crippen molar-refractivity contribution >= 4 is 5.97 Å². The van der Waals surface area contributed by atoms with Crippen LogP contribution in [0, 0.1) is 5.92 Å². The molecule has 21 heavy (non-hydrogen) atoms. The molecule has 1 fully saturated rings. The van der Waals surface area contributed by atoms with E-state index in [1.807, 2.05) is 37.3 Å². The molecule has 0 aliphatic carbocycles. The van der Waals surface area contributed by atoms with E-state index in [-0.39, 0.29) is 18.6 Å². The van der Waals surface area contributed by atoms with Crippen molar-refractivity contribution in [3.05, 3.63) is 35.9 Å². The van der Waals surface area contributed by atoms with Crippen molar-refractivity contribution in [3.8, 4) is 0 Å². The molecule has 0 spiro atoms. The Bertz CT molecular complexity index is 432. The third kappa shape index (κ3) is 6.25. The average molecular weight is 296 g/mol. The molecular weight excluding hydrogens is 272 g/mol. The third-order valence-electron chi connectivity index (χ3n) is 3.06. The standard InChI is InChI=1S/C12H16O3.C4H8O2/c1-12(14-9-11(8-13)15-12)7-10-5-3-2-4-6-10;1-3(2)4(5)6/h2-6,11,13H,7-9H2,1H3;3H,1-2H3,(H,5,6). The third-order valence-corrected chi connectivity index (χ3v) is 3.06. The summed E-state index contributed by atoms with van der Waals surface area (Å²) in [7, 11) is 0. The predicted octanol–water partition coefficient (Wildman–Crippen LogP) is 2.08. The van der Waals surface area contributed by atoms with Gasteiger partial charge in [-0.1, -0.05) is 44.2 Å². The molecule has 1 saturated heterocycles. The van der Waals surface area contributed by atoms with Crippen molar-refractivity contribution in [1.82, 2.24) is 0 Å². The molecule has 1 heterocycles. The first kappa shape index (κ1) is 17.6. The van der Waals surface area contributed by atoms with Crippen LogP contribution in [0.2, 0.25) is 0 Å². The van der Waals surface area contributed by atoms with Crippen molar-refractivity contribution in [1.29, 1.82) is 0 Å². The first-order valence-corrected chi connectivity index (χ1v) is 7.05. The van der Waals surface area contributed by atoms with Gasteiger partial charge < -0.3 is 19.7 Å². The summed E-state index contributed by atoms with van der Waals surface area (Å²) in [5.41, 5.74) is 1.18. The Morgan fingerprint density at radius 2 is 1.95 bits per heavy atom. The molecule has 2 unspecified atom stereocenters. The highest BCUT2D eigenvalue weighted by Crippen LogP contribution is 2.26. The Morgan fingerprint density at radius 3 is 2.38 bits per heavy atom. The Kier molecular flexibility index (Phi) is 6.81. The summed E-state index contributed by atoms with van der Waals surface area (Å²) in [4.78, 5) is 9.70. The molecule has 0 bridgehead atoms. The maximum atomic E-state index is 9.70. The van der Waals surface area contributed by atoms with Crippen molar-refractivity contribution < 1.29 is 24.5 Å². The lowest BCUT2D eigenvalue weighted by molar-refractivity contribution is -0.156. The van der Waals surface area contributed by atoms with Crippen LogP contribution in [-0.4, -0.2) is 41.3 Å². The van der Waals surface area contributed by atoms with Gasteiger partial charge in [0.05, 0.1) is 19.1 Å². The molecule has 2 rings (SSSR count). The second-order valence-electron chi connectivity index (χ2n) is 5.52. The van der Waals surface area contributed by atoms with Crippen LogP contribution in [0.25, 0.3) is 0 Å². The van der Waals surface area contributed by atoms with Gasteiger partial charge in [0.1, 0.15) is 6.10 Å². The normalized spacial score (nSPS) is 24.5. The Hall–Kier alpha value is -1.43. The molecule has 5 heteroatoms. The number of carboxylic acid groups (broad SMARTS) is 1. The van der Waals surface area contributed by atoms with Gasteiger partial charge in [-0.05, 0) is 12.5 Å². The molecule has 118 valence electrons. The molecular formula is C16H24O5. The van der Waals surface area contributed by atoms with Gasteiger partial charge in [0, 0.05) is 6.42 Å². The van der Waals surface area contributed by atoms with Gasteiger partial charge in [-0.3, -0.25) is 4.79 Å². The molecule has 1 aliphatic heterocycles. The van der Waals surface area contributed by atoms with E-state index >= 15 is 0 Å². The average Bonchev–Trinajstić information content (AvgIpc) is 2.82. The summed E-state index contributed by atoms with van der Waals surface area (Å²) in [6.07, 6.45) is 0.531. The number of benzene rings is 1. The summed E-state index contributed by atoms with van der Waals surface area (Å²) in [6, 6.07) is 10.1. The summed E-state index contributed by atoms with van der Waals surface area (Å²) in [5.74, 6) is -1.56. The van der Waals surface area contributed by atoms with E-state index in [1.54, 1.807) is 13.8 Å². The van der Waals surface area contributed by atoms with Crippen molar-refractivity contribution in [2.75, 3.05) is 13.2 Å². The molecule has 2 atom stereocenters. The number of hydrogen-bond acceptors (Lipinski definition) is 4. The van der Waals surface area contributed by atoms with E-state index in [2.05, 4.69) is 0 Å². The molecule has 0 saturated carbocycles. The van der Waals surface area contributed by atoms with E-state index in [9.17, 15) is 4.79 Å². The zero-order valence-corrected chi connectivity index (χ0v) is 12.8. The molecule has 0 aromatic heterocycles. The van der Waals surface area contributed by atoms with Crippen LogP contribution in [0.1, 0.15) is 26.3 Å². The molecule has 5 nitrogen and oxygen atoms in total. The highest BCUT2D eigenvalue weighted by atomic mass is 16.7. The number of aliphatic carboxylic acids is 1. The lowest BCUT2D eigenvalue weighted by Gasteiger charge is -2.23. The lowest BCUT2D eigenvalue weighted by Crippen LogP contribution is -2.30. The molecule has 0 amide bonds. The first-order chi connectivity index (χ1) is 9.86. The lowest BCUT2D eigenvalue weighted by atomic mass is 10.1. The number of aliphatic hydroxyl groups excluding tert-OH is 1. The zero-order valence-electron chi connectivity index (χ0n) is 12.8. The van der Waals surface area contributed by atoms with Gasteiger partial charge >= 0.3 is 5.97 Å². The minimum Gasteiger partial charge on any atom is -0.481 e. The van der Waals surface area contributed by atoms with Gasteiger partial charge in [-0.25, -0.2) is 0 Å². The second-order valence-corrected chi connectivity index (χ2v) is 5.52. The van der Waals surface area contributed by atoms with Gasteiger partial charge in [0.2, 0.25) is 0 Å². The van der Waals surface area contributed by atoms with E-state index in [4.69, 9.17) is 19.7 Å². The topological polar surface area (TPSA) is 76.0 Å². The van der Waals surface area contributed by atoms with Crippen molar-refractivity contribution in [3.63, 3.8) is 0 Å². The van der Waals surface area contributed by atoms with E-state index < -0.39 is 11.8 Å². The minimum absolute atomic E-state index is 0.0182. The van der Waals surface area contributed by atoms with Crippen LogP contribution in [0.5, 0.6) is 0 Å². The van der Waals surface area contributed by atoms with Gasteiger partial charge in [-0.2, -0.15) is 0 Å². The van der Waals surface area contributed by atoms with Crippen LogP contribution in [0.4, 0.5) is 0 Å². The van der Waals surface area contributed by atoms with Gasteiger partial charge in [0.25, 0.3) is 0 Å². The number of hydrogen-bond donors (Lipinski definition) is 2. The fraction of sp³-hybridized carbons (Fsp3) is 0.562. The van der Waals surface area contributed by atoms with Crippen LogP contribution in [0.3, 0.4) is 0 Å². The maximum absolute atomic E-state index is 9.70. The summed E-state index contributed by atoms with van der Waals surface area (Å²) >= 11 is 0. The monoisotopic (exact) mass is 296 g/mol. The van der Waals surface area contributed by atoms with E-state index in [0.717, 1.165) is 0 Å². The fourth-order valence-corrected chi connectivity index (χ4v) is 1.84. The number of carboxylic acids is 1. The minimum atomic E-state index is -0.741. The SMILES string of the molecule is CC(C)C(=O)O.CC1(Cc2ccccc2)OCC(CO)O1. The largest absolute Gasteiger partial charge is 0.481 e. The number of rotatable bonds is 4. The number of aliphatic hydroxyl groups is 1. The summed E-state index contributed by atoms with van der Waals surface area (Å²) < 4.78 is 11.2. The van der Waals surface area contributed by atoms with Crippen LogP contribution < -0.4 is 0 Å². The fourth-order valence-electron chi connectivity index (χ4n) is 1.84. The highest BCUT2D eigenvalue weighted by molar-refractivity contribution is 5.68. The number of carbonyl (C=O) groups is 1. The van der Waals surface area contributed by atoms with E-state index in [0.29, 0.717) is 13.0 Å². The molecule has 2 N–H and O–H groups in total. The highest BCUT2D eigenvalue weighted by Gasteiger charge is 2.36. The van der Waals surface area contributed by atoms with Gasteiger partial charge in [-0.15, -0.1) is 0 Å². The van der Waals surface area contributed by atoms with Crippen molar-refractivity contribution in [2.24, 2.45) is 5.92 Å². The van der Waals surface area contributed by atoms with Crippen LogP contribution in [-0.2, 0) is 20.7 Å². The molecule has 1 aromatic carbocycles.